The number of aromatic nitrogens is 3. The van der Waals surface area contributed by atoms with E-state index in [1.807, 2.05) is 24.7 Å². The highest BCUT2D eigenvalue weighted by Crippen LogP contribution is 2.09. The second kappa shape index (κ2) is 8.57. The summed E-state index contributed by atoms with van der Waals surface area (Å²) in [7, 11) is 0. The number of nitrogens with zero attached hydrogens (tertiary/aromatic N) is 3. The fraction of sp³-hybridized carbons (Fsp3) is 0.529. The lowest BCUT2D eigenvalue weighted by atomic mass is 10.0. The van der Waals surface area contributed by atoms with E-state index < -0.39 is 0 Å². The number of hydrogen-bond donors (Lipinski definition) is 1. The van der Waals surface area contributed by atoms with Crippen molar-refractivity contribution >= 4 is 0 Å². The van der Waals surface area contributed by atoms with Crippen LogP contribution >= 0.6 is 0 Å². The van der Waals surface area contributed by atoms with Crippen LogP contribution in [0.5, 0.6) is 0 Å². The van der Waals surface area contributed by atoms with E-state index in [1.54, 1.807) is 0 Å². The van der Waals surface area contributed by atoms with Gasteiger partial charge in [-0.15, -0.1) is 0 Å². The molecule has 4 nitrogen and oxygen atoms in total. The van der Waals surface area contributed by atoms with Gasteiger partial charge in [0.15, 0.2) is 0 Å². The van der Waals surface area contributed by atoms with Gasteiger partial charge >= 0.3 is 0 Å². The molecule has 0 aliphatic carbocycles. The maximum atomic E-state index is 4.52. The average molecular weight is 286 g/mol. The average Bonchev–Trinajstić information content (AvgIpc) is 2.94. The zero-order chi connectivity index (χ0) is 14.9. The summed E-state index contributed by atoms with van der Waals surface area (Å²) in [4.78, 5) is 8.71. The molecule has 1 atom stereocenters. The molecule has 0 radical (unpaired) electrons. The van der Waals surface area contributed by atoms with Crippen molar-refractivity contribution in [2.24, 2.45) is 0 Å². The Labute approximate surface area is 127 Å². The molecule has 21 heavy (non-hydrogen) atoms. The molecule has 2 aromatic rings. The fourth-order valence-corrected chi connectivity index (χ4v) is 2.65. The molecule has 0 saturated heterocycles. The Morgan fingerprint density at radius 1 is 1.29 bits per heavy atom. The maximum Gasteiger partial charge on any atom is 0.110 e. The van der Waals surface area contributed by atoms with Crippen LogP contribution in [0.1, 0.15) is 38.1 Å². The van der Waals surface area contributed by atoms with Crippen LogP contribution in [0.4, 0.5) is 0 Å². The molecular weight excluding hydrogens is 260 g/mol. The molecule has 0 fully saturated rings. The molecule has 0 amide bonds. The van der Waals surface area contributed by atoms with E-state index in [4.69, 9.17) is 0 Å². The third kappa shape index (κ3) is 4.97. The Morgan fingerprint density at radius 2 is 2.19 bits per heavy atom. The number of aryl methyl sites for hydroxylation is 2. The summed E-state index contributed by atoms with van der Waals surface area (Å²) < 4.78 is 2.27. The van der Waals surface area contributed by atoms with Crippen LogP contribution in [0.2, 0.25) is 0 Å². The standard InChI is InChI=1S/C17H26N4/c1-3-11-21-12-10-20-17(21)13-16(19-4-2)8-7-15-6-5-9-18-14-15/h5-6,9-10,12,14,16,19H,3-4,7-8,11,13H2,1-2H3. The van der Waals surface area contributed by atoms with Crippen molar-refractivity contribution in [2.45, 2.75) is 52.1 Å². The molecule has 0 aliphatic rings. The van der Waals surface area contributed by atoms with Gasteiger partial charge in [0.25, 0.3) is 0 Å². The molecule has 4 heteroatoms. The fourth-order valence-electron chi connectivity index (χ4n) is 2.65. The molecule has 2 rings (SSSR count). The summed E-state index contributed by atoms with van der Waals surface area (Å²) in [6.45, 7) is 6.41. The quantitative estimate of drug-likeness (QED) is 0.771. The SMILES string of the molecule is CCCn1ccnc1CC(CCc1cccnc1)NCC. The summed E-state index contributed by atoms with van der Waals surface area (Å²) >= 11 is 0. The smallest absolute Gasteiger partial charge is 0.110 e. The molecule has 0 aromatic carbocycles. The summed E-state index contributed by atoms with van der Waals surface area (Å²) in [5, 5.41) is 3.59. The topological polar surface area (TPSA) is 42.7 Å². The number of pyridine rings is 1. The van der Waals surface area contributed by atoms with Gasteiger partial charge in [-0.1, -0.05) is 19.9 Å². The Morgan fingerprint density at radius 3 is 2.90 bits per heavy atom. The number of imidazole rings is 1. The van der Waals surface area contributed by atoms with Crippen molar-refractivity contribution in [3.8, 4) is 0 Å². The minimum atomic E-state index is 0.466. The van der Waals surface area contributed by atoms with Crippen molar-refractivity contribution in [2.75, 3.05) is 6.54 Å². The van der Waals surface area contributed by atoms with E-state index in [0.717, 1.165) is 38.8 Å². The second-order valence-corrected chi connectivity index (χ2v) is 5.40. The molecule has 1 unspecified atom stereocenters. The highest BCUT2D eigenvalue weighted by Gasteiger charge is 2.12. The third-order valence-electron chi connectivity index (χ3n) is 3.69. The van der Waals surface area contributed by atoms with Gasteiger partial charge in [0.1, 0.15) is 5.82 Å². The summed E-state index contributed by atoms with van der Waals surface area (Å²) in [5.41, 5.74) is 1.30. The highest BCUT2D eigenvalue weighted by molar-refractivity contribution is 5.09. The van der Waals surface area contributed by atoms with E-state index in [2.05, 4.69) is 46.0 Å². The lowest BCUT2D eigenvalue weighted by Gasteiger charge is -2.18. The Bertz CT molecular complexity index is 507. The first-order chi connectivity index (χ1) is 10.3. The van der Waals surface area contributed by atoms with Crippen molar-refractivity contribution in [3.05, 3.63) is 48.3 Å². The summed E-state index contributed by atoms with van der Waals surface area (Å²) in [6.07, 6.45) is 12.1. The number of likely N-dealkylation sites (N-methyl/N-ethyl adjacent to an activating group) is 1. The molecule has 2 aromatic heterocycles. The lowest BCUT2D eigenvalue weighted by Crippen LogP contribution is -2.32. The van der Waals surface area contributed by atoms with Gasteiger partial charge in [0.2, 0.25) is 0 Å². The van der Waals surface area contributed by atoms with Gasteiger partial charge in [-0.2, -0.15) is 0 Å². The minimum absolute atomic E-state index is 0.466. The molecule has 0 saturated carbocycles. The first-order valence-electron chi connectivity index (χ1n) is 7.95. The Kier molecular flexibility index (Phi) is 6.41. The van der Waals surface area contributed by atoms with Crippen LogP contribution in [0.25, 0.3) is 0 Å². The van der Waals surface area contributed by atoms with Gasteiger partial charge in [0.05, 0.1) is 0 Å². The van der Waals surface area contributed by atoms with E-state index in [1.165, 1.54) is 11.4 Å². The van der Waals surface area contributed by atoms with Crippen LogP contribution in [0.3, 0.4) is 0 Å². The Hall–Kier alpha value is -1.68. The van der Waals surface area contributed by atoms with Gasteiger partial charge in [-0.05, 0) is 37.4 Å². The molecule has 1 N–H and O–H groups in total. The van der Waals surface area contributed by atoms with Crippen LogP contribution in [-0.4, -0.2) is 27.1 Å². The van der Waals surface area contributed by atoms with Crippen LogP contribution < -0.4 is 5.32 Å². The molecule has 2 heterocycles. The normalized spacial score (nSPS) is 12.5. The molecular formula is C17H26N4. The minimum Gasteiger partial charge on any atom is -0.335 e. The highest BCUT2D eigenvalue weighted by atomic mass is 15.1. The number of rotatable bonds is 9. The lowest BCUT2D eigenvalue weighted by molar-refractivity contribution is 0.470. The zero-order valence-electron chi connectivity index (χ0n) is 13.1. The molecule has 0 aliphatic heterocycles. The zero-order valence-corrected chi connectivity index (χ0v) is 13.1. The van der Waals surface area contributed by atoms with Crippen LogP contribution in [0.15, 0.2) is 36.9 Å². The van der Waals surface area contributed by atoms with Gasteiger partial charge in [-0.3, -0.25) is 4.98 Å². The number of hydrogen-bond acceptors (Lipinski definition) is 3. The van der Waals surface area contributed by atoms with E-state index in [-0.39, 0.29) is 0 Å². The van der Waals surface area contributed by atoms with Crippen LogP contribution in [-0.2, 0) is 19.4 Å². The first-order valence-corrected chi connectivity index (χ1v) is 7.95. The van der Waals surface area contributed by atoms with Crippen LogP contribution in [0, 0.1) is 0 Å². The predicted molar refractivity (Wildman–Crippen MR) is 86.2 cm³/mol. The van der Waals surface area contributed by atoms with E-state index in [9.17, 15) is 0 Å². The number of nitrogens with one attached hydrogen (secondary N) is 1. The maximum absolute atomic E-state index is 4.52. The summed E-state index contributed by atoms with van der Waals surface area (Å²) in [5.74, 6) is 1.19. The van der Waals surface area contributed by atoms with Crippen molar-refractivity contribution < 1.29 is 0 Å². The monoisotopic (exact) mass is 286 g/mol. The van der Waals surface area contributed by atoms with Gasteiger partial charge < -0.3 is 9.88 Å². The molecule has 0 bridgehead atoms. The Balaban J connectivity index is 1.93. The van der Waals surface area contributed by atoms with E-state index >= 15 is 0 Å². The largest absolute Gasteiger partial charge is 0.335 e. The van der Waals surface area contributed by atoms with Crippen molar-refractivity contribution in [1.29, 1.82) is 0 Å². The summed E-state index contributed by atoms with van der Waals surface area (Å²) in [6, 6.07) is 4.62. The third-order valence-corrected chi connectivity index (χ3v) is 3.69. The van der Waals surface area contributed by atoms with Gasteiger partial charge in [0, 0.05) is 43.8 Å². The molecule has 114 valence electrons. The molecule has 0 spiro atoms. The second-order valence-electron chi connectivity index (χ2n) is 5.40. The van der Waals surface area contributed by atoms with Crippen molar-refractivity contribution in [1.82, 2.24) is 19.9 Å². The van der Waals surface area contributed by atoms with Gasteiger partial charge in [-0.25, -0.2) is 4.98 Å². The first kappa shape index (κ1) is 15.7. The van der Waals surface area contributed by atoms with Crippen molar-refractivity contribution in [3.63, 3.8) is 0 Å². The predicted octanol–water partition coefficient (Wildman–Crippen LogP) is 2.84. The van der Waals surface area contributed by atoms with E-state index in [0.29, 0.717) is 6.04 Å².